The first-order valence-corrected chi connectivity index (χ1v) is 8.83. The Morgan fingerprint density at radius 3 is 3.09 bits per heavy atom. The molecule has 1 aromatic rings. The summed E-state index contributed by atoms with van der Waals surface area (Å²) in [5.41, 5.74) is 0.525. The van der Waals surface area contributed by atoms with Gasteiger partial charge in [-0.15, -0.1) is 11.3 Å². The molecule has 1 aliphatic heterocycles. The molecule has 0 aromatic carbocycles. The first-order chi connectivity index (χ1) is 11.1. The van der Waals surface area contributed by atoms with Gasteiger partial charge in [0.2, 0.25) is 5.91 Å². The van der Waals surface area contributed by atoms with Gasteiger partial charge in [-0.1, -0.05) is 0 Å². The molecule has 23 heavy (non-hydrogen) atoms. The molecule has 0 saturated carbocycles. The number of ether oxygens (including phenoxy) is 1. The lowest BCUT2D eigenvalue weighted by Gasteiger charge is -2.39. The largest absolute Gasteiger partial charge is 0.380 e. The average molecular weight is 336 g/mol. The summed E-state index contributed by atoms with van der Waals surface area (Å²) in [4.78, 5) is 16.7. The molecule has 1 atom stereocenters. The van der Waals surface area contributed by atoms with Crippen LogP contribution in [0.3, 0.4) is 0 Å². The van der Waals surface area contributed by atoms with Gasteiger partial charge in [0, 0.05) is 38.8 Å². The van der Waals surface area contributed by atoms with Crippen molar-refractivity contribution in [1.82, 2.24) is 9.80 Å². The van der Waals surface area contributed by atoms with Gasteiger partial charge in [-0.2, -0.15) is 5.26 Å². The molecular weight excluding hydrogens is 312 g/mol. The van der Waals surface area contributed by atoms with Crippen molar-refractivity contribution in [2.75, 3.05) is 51.3 Å². The van der Waals surface area contributed by atoms with Gasteiger partial charge in [0.15, 0.2) is 0 Å². The number of anilines is 1. The third kappa shape index (κ3) is 5.29. The summed E-state index contributed by atoms with van der Waals surface area (Å²) in [7, 11) is 0. The van der Waals surface area contributed by atoms with Gasteiger partial charge in [0.25, 0.3) is 0 Å². The third-order valence-corrected chi connectivity index (χ3v) is 4.81. The highest BCUT2D eigenvalue weighted by atomic mass is 32.1. The van der Waals surface area contributed by atoms with Gasteiger partial charge in [-0.25, -0.2) is 0 Å². The highest BCUT2D eigenvalue weighted by molar-refractivity contribution is 7.14. The van der Waals surface area contributed by atoms with Crippen molar-refractivity contribution in [2.24, 2.45) is 0 Å². The van der Waals surface area contributed by atoms with Gasteiger partial charge in [-0.05, 0) is 25.3 Å². The molecule has 126 valence electrons. The average Bonchev–Trinajstić information content (AvgIpc) is 2.96. The number of hydrogen-bond acceptors (Lipinski definition) is 6. The van der Waals surface area contributed by atoms with Crippen LogP contribution in [0, 0.1) is 11.3 Å². The van der Waals surface area contributed by atoms with Crippen molar-refractivity contribution in [3.8, 4) is 6.07 Å². The van der Waals surface area contributed by atoms with Gasteiger partial charge >= 0.3 is 0 Å². The second kappa shape index (κ2) is 8.99. The molecule has 1 amide bonds. The summed E-state index contributed by atoms with van der Waals surface area (Å²) in [6.07, 6.45) is 0. The Hall–Kier alpha value is -1.46. The number of thiophene rings is 1. The highest BCUT2D eigenvalue weighted by Gasteiger charge is 2.24. The number of nitrogens with one attached hydrogen (secondary N) is 1. The molecule has 0 radical (unpaired) electrons. The van der Waals surface area contributed by atoms with Gasteiger partial charge in [0.1, 0.15) is 11.1 Å². The maximum Gasteiger partial charge on any atom is 0.239 e. The van der Waals surface area contributed by atoms with Crippen LogP contribution in [0.2, 0.25) is 0 Å². The Kier molecular flexibility index (Phi) is 6.99. The van der Waals surface area contributed by atoms with Crippen LogP contribution in [0.25, 0.3) is 0 Å². The highest BCUT2D eigenvalue weighted by Crippen LogP contribution is 2.22. The summed E-state index contributed by atoms with van der Waals surface area (Å²) in [6, 6.07) is 4.22. The summed E-state index contributed by atoms with van der Waals surface area (Å²) >= 11 is 1.38. The normalized spacial score (nSPS) is 19.4. The fraction of sp³-hybridized carbons (Fsp3) is 0.625. The van der Waals surface area contributed by atoms with Crippen LogP contribution in [-0.4, -0.2) is 67.7 Å². The third-order valence-electron chi connectivity index (χ3n) is 3.98. The van der Waals surface area contributed by atoms with Crippen LogP contribution >= 0.6 is 11.3 Å². The predicted octanol–water partition coefficient (Wildman–Crippen LogP) is 1.60. The number of amides is 1. The zero-order valence-electron chi connectivity index (χ0n) is 13.7. The van der Waals surface area contributed by atoms with E-state index in [2.05, 4.69) is 28.1 Å². The number of hydrogen-bond donors (Lipinski definition) is 1. The maximum absolute atomic E-state index is 12.2. The number of rotatable bonds is 7. The van der Waals surface area contributed by atoms with Crippen molar-refractivity contribution >= 4 is 22.2 Å². The van der Waals surface area contributed by atoms with E-state index >= 15 is 0 Å². The van der Waals surface area contributed by atoms with Gasteiger partial charge in [0.05, 0.1) is 18.7 Å². The number of nitrogens with zero attached hydrogens (tertiary/aromatic N) is 3. The van der Waals surface area contributed by atoms with Crippen molar-refractivity contribution < 1.29 is 9.53 Å². The lowest BCUT2D eigenvalue weighted by molar-refractivity contribution is -0.118. The van der Waals surface area contributed by atoms with Crippen LogP contribution < -0.4 is 5.32 Å². The molecule has 1 fully saturated rings. The summed E-state index contributed by atoms with van der Waals surface area (Å²) < 4.78 is 5.41. The van der Waals surface area contributed by atoms with Crippen molar-refractivity contribution in [3.63, 3.8) is 0 Å². The van der Waals surface area contributed by atoms with Crippen LogP contribution in [-0.2, 0) is 9.53 Å². The topological polar surface area (TPSA) is 68.6 Å². The molecule has 2 rings (SSSR count). The Morgan fingerprint density at radius 2 is 2.39 bits per heavy atom. The fourth-order valence-electron chi connectivity index (χ4n) is 2.74. The maximum atomic E-state index is 12.2. The zero-order valence-corrected chi connectivity index (χ0v) is 14.6. The minimum atomic E-state index is -0.0566. The number of nitriles is 1. The van der Waals surface area contributed by atoms with E-state index in [1.165, 1.54) is 11.3 Å². The smallest absolute Gasteiger partial charge is 0.239 e. The quantitative estimate of drug-likeness (QED) is 0.766. The van der Waals surface area contributed by atoms with E-state index in [0.717, 1.165) is 39.4 Å². The molecule has 1 N–H and O–H groups in total. The molecule has 1 aromatic heterocycles. The molecule has 1 aliphatic rings. The molecule has 7 heteroatoms. The first-order valence-electron chi connectivity index (χ1n) is 7.95. The Bertz CT molecular complexity index is 555. The summed E-state index contributed by atoms with van der Waals surface area (Å²) in [6.45, 7) is 9.70. The molecule has 0 spiro atoms. The SMILES string of the molecule is CCOCCN1CCN(CC(=O)Nc2sccc2C#N)C[C@@H]1C. The van der Waals surface area contributed by atoms with E-state index in [-0.39, 0.29) is 5.91 Å². The minimum Gasteiger partial charge on any atom is -0.380 e. The monoisotopic (exact) mass is 336 g/mol. The van der Waals surface area contributed by atoms with Crippen molar-refractivity contribution in [1.29, 1.82) is 5.26 Å². The number of piperazine rings is 1. The lowest BCUT2D eigenvalue weighted by atomic mass is 10.2. The second-order valence-electron chi connectivity index (χ2n) is 5.64. The molecule has 2 heterocycles. The van der Waals surface area contributed by atoms with E-state index in [1.807, 2.05) is 12.3 Å². The summed E-state index contributed by atoms with van der Waals surface area (Å²) in [5, 5.41) is 14.3. The Morgan fingerprint density at radius 1 is 1.57 bits per heavy atom. The molecule has 1 saturated heterocycles. The van der Waals surface area contributed by atoms with Crippen molar-refractivity contribution in [2.45, 2.75) is 19.9 Å². The Labute approximate surface area is 141 Å². The number of carbonyl (C=O) groups is 1. The van der Waals surface area contributed by atoms with Crippen LogP contribution in [0.1, 0.15) is 19.4 Å². The van der Waals surface area contributed by atoms with E-state index < -0.39 is 0 Å². The van der Waals surface area contributed by atoms with E-state index in [4.69, 9.17) is 10.00 Å². The van der Waals surface area contributed by atoms with E-state index in [0.29, 0.717) is 23.2 Å². The van der Waals surface area contributed by atoms with Crippen molar-refractivity contribution in [3.05, 3.63) is 17.0 Å². The minimum absolute atomic E-state index is 0.0566. The van der Waals surface area contributed by atoms with Gasteiger partial charge < -0.3 is 10.1 Å². The van der Waals surface area contributed by atoms with E-state index in [1.54, 1.807) is 6.07 Å². The molecule has 6 nitrogen and oxygen atoms in total. The lowest BCUT2D eigenvalue weighted by Crippen LogP contribution is -2.54. The van der Waals surface area contributed by atoms with E-state index in [9.17, 15) is 4.79 Å². The second-order valence-corrected chi connectivity index (χ2v) is 6.56. The standard InChI is InChI=1S/C16H24N4O2S/c1-3-22-8-7-20-6-5-19(11-13(20)2)12-15(21)18-16-14(10-17)4-9-23-16/h4,9,13H,3,5-8,11-12H2,1-2H3,(H,18,21)/t13-/m0/s1. The fourth-order valence-corrected chi connectivity index (χ4v) is 3.49. The van der Waals surface area contributed by atoms with Crippen LogP contribution in [0.4, 0.5) is 5.00 Å². The van der Waals surface area contributed by atoms with Gasteiger partial charge in [-0.3, -0.25) is 14.6 Å². The molecular formula is C16H24N4O2S. The molecule has 0 bridgehead atoms. The molecule has 0 unspecified atom stereocenters. The first kappa shape index (κ1) is 17.9. The predicted molar refractivity (Wildman–Crippen MR) is 91.6 cm³/mol. The van der Waals surface area contributed by atoms with Crippen LogP contribution in [0.5, 0.6) is 0 Å². The Balaban J connectivity index is 1.76. The zero-order chi connectivity index (χ0) is 16.7. The van der Waals surface area contributed by atoms with Crippen LogP contribution in [0.15, 0.2) is 11.4 Å². The number of carbonyl (C=O) groups excluding carboxylic acids is 1. The molecule has 0 aliphatic carbocycles. The summed E-state index contributed by atoms with van der Waals surface area (Å²) in [5.74, 6) is -0.0566.